The second-order valence-electron chi connectivity index (χ2n) is 5.65. The van der Waals surface area contributed by atoms with E-state index >= 15 is 0 Å². The normalized spacial score (nSPS) is 27.3. The third kappa shape index (κ3) is 3.04. The summed E-state index contributed by atoms with van der Waals surface area (Å²) in [5, 5.41) is 3.22. The number of thiazole rings is 1. The first-order valence-electron chi connectivity index (χ1n) is 6.97. The number of nitrogens with two attached hydrogens (primary N) is 1. The van der Waals surface area contributed by atoms with Crippen LogP contribution in [0, 0.1) is 0 Å². The number of hydrogen-bond donors (Lipinski definition) is 1. The Kier molecular flexibility index (Phi) is 3.67. The monoisotopic (exact) mass is 272 g/mol. The summed E-state index contributed by atoms with van der Waals surface area (Å²) in [7, 11) is 0. The molecule has 0 spiro atoms. The van der Waals surface area contributed by atoms with Gasteiger partial charge in [0.05, 0.1) is 5.01 Å². The summed E-state index contributed by atoms with van der Waals surface area (Å²) in [6, 6.07) is 10.8. The van der Waals surface area contributed by atoms with Crippen molar-refractivity contribution < 1.29 is 0 Å². The molecule has 1 heterocycles. The summed E-state index contributed by atoms with van der Waals surface area (Å²) in [6.45, 7) is 0. The first-order chi connectivity index (χ1) is 9.25. The van der Waals surface area contributed by atoms with Crippen molar-refractivity contribution in [2.75, 3.05) is 0 Å². The lowest BCUT2D eigenvalue weighted by atomic mass is 9.73. The molecule has 1 saturated carbocycles. The van der Waals surface area contributed by atoms with Crippen molar-refractivity contribution in [3.05, 3.63) is 52.5 Å². The van der Waals surface area contributed by atoms with Crippen molar-refractivity contribution in [3.63, 3.8) is 0 Å². The minimum absolute atomic E-state index is 0.0386. The highest BCUT2D eigenvalue weighted by atomic mass is 32.1. The third-order valence-corrected chi connectivity index (χ3v) is 5.02. The maximum absolute atomic E-state index is 6.56. The van der Waals surface area contributed by atoms with Crippen molar-refractivity contribution in [1.82, 2.24) is 4.98 Å². The Balaban J connectivity index is 1.62. The lowest BCUT2D eigenvalue weighted by Crippen LogP contribution is -2.44. The minimum Gasteiger partial charge on any atom is -0.325 e. The zero-order valence-electron chi connectivity index (χ0n) is 11.1. The molecule has 1 fully saturated rings. The fraction of sp³-hybridized carbons (Fsp3) is 0.438. The van der Waals surface area contributed by atoms with Crippen LogP contribution in [0.15, 0.2) is 41.9 Å². The Labute approximate surface area is 118 Å². The van der Waals surface area contributed by atoms with E-state index in [4.69, 9.17) is 5.73 Å². The summed E-state index contributed by atoms with van der Waals surface area (Å²) in [6.07, 6.45) is 7.42. The molecule has 1 aromatic heterocycles. The Hall–Kier alpha value is -1.19. The number of aromatic nitrogens is 1. The SMILES string of the molecule is NC1(Cc2nccs2)CCC(c2ccccc2)CC1. The number of benzene rings is 1. The Morgan fingerprint density at radius 3 is 2.58 bits per heavy atom. The molecule has 19 heavy (non-hydrogen) atoms. The van der Waals surface area contributed by atoms with Crippen LogP contribution in [0.25, 0.3) is 0 Å². The van der Waals surface area contributed by atoms with Crippen molar-refractivity contribution >= 4 is 11.3 Å². The Bertz CT molecular complexity index is 499. The largest absolute Gasteiger partial charge is 0.325 e. The van der Waals surface area contributed by atoms with Crippen molar-refractivity contribution in [1.29, 1.82) is 0 Å². The van der Waals surface area contributed by atoms with Crippen LogP contribution in [0.5, 0.6) is 0 Å². The van der Waals surface area contributed by atoms with Crippen LogP contribution in [0.3, 0.4) is 0 Å². The second kappa shape index (κ2) is 5.43. The fourth-order valence-corrected chi connectivity index (χ4v) is 3.84. The maximum atomic E-state index is 6.56. The van der Waals surface area contributed by atoms with Gasteiger partial charge in [-0.05, 0) is 37.2 Å². The van der Waals surface area contributed by atoms with Gasteiger partial charge in [0.2, 0.25) is 0 Å². The molecule has 1 aliphatic rings. The van der Waals surface area contributed by atoms with Gasteiger partial charge >= 0.3 is 0 Å². The van der Waals surface area contributed by atoms with Gasteiger partial charge in [-0.2, -0.15) is 0 Å². The van der Waals surface area contributed by atoms with Crippen LogP contribution in [0.1, 0.15) is 42.2 Å². The molecule has 2 N–H and O–H groups in total. The quantitative estimate of drug-likeness (QED) is 0.924. The molecule has 0 amide bonds. The highest BCUT2D eigenvalue weighted by Crippen LogP contribution is 2.38. The first kappa shape index (κ1) is 12.8. The minimum atomic E-state index is -0.0386. The molecular weight excluding hydrogens is 252 g/mol. The molecule has 2 nitrogen and oxygen atoms in total. The zero-order valence-corrected chi connectivity index (χ0v) is 11.9. The Morgan fingerprint density at radius 2 is 1.95 bits per heavy atom. The van der Waals surface area contributed by atoms with Gasteiger partial charge in [0, 0.05) is 23.5 Å². The van der Waals surface area contributed by atoms with Crippen molar-refractivity contribution in [2.45, 2.75) is 43.6 Å². The van der Waals surface area contributed by atoms with Crippen molar-refractivity contribution in [3.8, 4) is 0 Å². The summed E-state index contributed by atoms with van der Waals surface area (Å²) >= 11 is 1.72. The topological polar surface area (TPSA) is 38.9 Å². The predicted molar refractivity (Wildman–Crippen MR) is 80.4 cm³/mol. The zero-order chi connectivity index (χ0) is 13.1. The molecule has 1 aromatic carbocycles. The Morgan fingerprint density at radius 1 is 1.21 bits per heavy atom. The van der Waals surface area contributed by atoms with Crippen LogP contribution in [-0.2, 0) is 6.42 Å². The molecule has 1 aliphatic carbocycles. The van der Waals surface area contributed by atoms with E-state index in [-0.39, 0.29) is 5.54 Å². The molecule has 0 saturated heterocycles. The second-order valence-corrected chi connectivity index (χ2v) is 6.63. The summed E-state index contributed by atoms with van der Waals surface area (Å²) in [5.41, 5.74) is 7.99. The molecule has 0 bridgehead atoms. The van der Waals surface area contributed by atoms with E-state index in [1.807, 2.05) is 11.6 Å². The van der Waals surface area contributed by atoms with Gasteiger partial charge in [-0.1, -0.05) is 30.3 Å². The van der Waals surface area contributed by atoms with Crippen LogP contribution in [0.4, 0.5) is 0 Å². The van der Waals surface area contributed by atoms with Gasteiger partial charge in [-0.15, -0.1) is 11.3 Å². The molecule has 2 aromatic rings. The molecule has 3 rings (SSSR count). The maximum Gasteiger partial charge on any atom is 0.0943 e. The molecular formula is C16H20N2S. The van der Waals surface area contributed by atoms with Crippen LogP contribution in [0.2, 0.25) is 0 Å². The average Bonchev–Trinajstić information content (AvgIpc) is 2.93. The molecule has 0 atom stereocenters. The van der Waals surface area contributed by atoms with Gasteiger partial charge in [0.15, 0.2) is 0 Å². The number of nitrogens with zero attached hydrogens (tertiary/aromatic N) is 1. The lowest BCUT2D eigenvalue weighted by molar-refractivity contribution is 0.270. The van der Waals surface area contributed by atoms with Gasteiger partial charge < -0.3 is 5.73 Å². The lowest BCUT2D eigenvalue weighted by Gasteiger charge is -2.37. The third-order valence-electron chi connectivity index (χ3n) is 4.24. The molecule has 0 unspecified atom stereocenters. The summed E-state index contributed by atoms with van der Waals surface area (Å²) < 4.78 is 0. The van der Waals surface area contributed by atoms with E-state index in [2.05, 4.69) is 35.3 Å². The van der Waals surface area contributed by atoms with Gasteiger partial charge in [-0.25, -0.2) is 4.98 Å². The van der Waals surface area contributed by atoms with E-state index in [1.165, 1.54) is 23.4 Å². The van der Waals surface area contributed by atoms with Crippen LogP contribution < -0.4 is 5.73 Å². The smallest absolute Gasteiger partial charge is 0.0943 e. The first-order valence-corrected chi connectivity index (χ1v) is 7.85. The highest BCUT2D eigenvalue weighted by molar-refractivity contribution is 7.09. The van der Waals surface area contributed by atoms with Crippen LogP contribution >= 0.6 is 11.3 Å². The highest BCUT2D eigenvalue weighted by Gasteiger charge is 2.32. The fourth-order valence-electron chi connectivity index (χ4n) is 3.07. The van der Waals surface area contributed by atoms with E-state index in [1.54, 1.807) is 11.3 Å². The molecule has 3 heteroatoms. The molecule has 0 radical (unpaired) electrons. The van der Waals surface area contributed by atoms with E-state index < -0.39 is 0 Å². The van der Waals surface area contributed by atoms with Crippen LogP contribution in [-0.4, -0.2) is 10.5 Å². The number of rotatable bonds is 3. The predicted octanol–water partition coefficient (Wildman–Crippen LogP) is 3.74. The van der Waals surface area contributed by atoms with E-state index in [9.17, 15) is 0 Å². The standard InChI is InChI=1S/C16H20N2S/c17-16(12-15-18-10-11-19-15)8-6-14(7-9-16)13-4-2-1-3-5-13/h1-5,10-11,14H,6-9,12,17H2. The van der Waals surface area contributed by atoms with Crippen molar-refractivity contribution in [2.24, 2.45) is 5.73 Å². The molecule has 100 valence electrons. The average molecular weight is 272 g/mol. The van der Waals surface area contributed by atoms with Gasteiger partial charge in [-0.3, -0.25) is 0 Å². The molecule has 0 aliphatic heterocycles. The van der Waals surface area contributed by atoms with E-state index in [0.29, 0.717) is 5.92 Å². The number of hydrogen-bond acceptors (Lipinski definition) is 3. The van der Waals surface area contributed by atoms with E-state index in [0.717, 1.165) is 19.3 Å². The summed E-state index contributed by atoms with van der Waals surface area (Å²) in [4.78, 5) is 4.37. The van der Waals surface area contributed by atoms with Gasteiger partial charge in [0.25, 0.3) is 0 Å². The van der Waals surface area contributed by atoms with Gasteiger partial charge in [0.1, 0.15) is 0 Å². The summed E-state index contributed by atoms with van der Waals surface area (Å²) in [5.74, 6) is 0.689.